The van der Waals surface area contributed by atoms with E-state index in [0.29, 0.717) is 13.2 Å². The minimum Gasteiger partial charge on any atom is -0.478 e. The molecule has 0 aliphatic carbocycles. The van der Waals surface area contributed by atoms with Crippen LogP contribution in [0.4, 0.5) is 0 Å². The Morgan fingerprint density at radius 1 is 1.52 bits per heavy atom. The highest BCUT2D eigenvalue weighted by molar-refractivity contribution is 5.85. The van der Waals surface area contributed by atoms with E-state index >= 15 is 0 Å². The Hall–Kier alpha value is -2.60. The molecule has 2 rings (SSSR count). The van der Waals surface area contributed by atoms with Gasteiger partial charge in [-0.2, -0.15) is 0 Å². The SMILES string of the molecule is COCCNC1=CN=CC(c2cccc(/C=C/C(=O)O)c2)N1C. The molecule has 1 atom stereocenters. The van der Waals surface area contributed by atoms with E-state index in [1.54, 1.807) is 19.4 Å². The van der Waals surface area contributed by atoms with Crippen LogP contribution in [0.1, 0.15) is 17.2 Å². The Morgan fingerprint density at radius 2 is 2.35 bits per heavy atom. The molecule has 1 aromatic rings. The fraction of sp³-hybridized carbons (Fsp3) is 0.294. The van der Waals surface area contributed by atoms with Crippen LogP contribution in [0.2, 0.25) is 0 Å². The number of benzene rings is 1. The second kappa shape index (κ2) is 8.14. The van der Waals surface area contributed by atoms with Crippen molar-refractivity contribution in [2.24, 2.45) is 4.99 Å². The molecule has 0 spiro atoms. The number of methoxy groups -OCH3 is 1. The van der Waals surface area contributed by atoms with Gasteiger partial charge in [-0.05, 0) is 23.3 Å². The molecule has 122 valence electrons. The van der Waals surface area contributed by atoms with E-state index in [0.717, 1.165) is 23.0 Å². The molecule has 6 nitrogen and oxygen atoms in total. The number of hydrogen-bond acceptors (Lipinski definition) is 5. The predicted molar refractivity (Wildman–Crippen MR) is 90.1 cm³/mol. The van der Waals surface area contributed by atoms with Crippen molar-refractivity contribution in [3.8, 4) is 0 Å². The number of aliphatic carboxylic acids is 1. The molecule has 1 aromatic carbocycles. The van der Waals surface area contributed by atoms with E-state index in [2.05, 4.69) is 15.2 Å². The van der Waals surface area contributed by atoms with Crippen LogP contribution in [0.25, 0.3) is 6.08 Å². The van der Waals surface area contributed by atoms with Crippen LogP contribution in [0.5, 0.6) is 0 Å². The Morgan fingerprint density at radius 3 is 3.09 bits per heavy atom. The van der Waals surface area contributed by atoms with Crippen LogP contribution in [0.15, 0.2) is 47.4 Å². The number of aliphatic imine (C=N–C) groups is 1. The third-order valence-electron chi connectivity index (χ3n) is 3.50. The second-order valence-corrected chi connectivity index (χ2v) is 5.13. The molecular weight excluding hydrogens is 294 g/mol. The van der Waals surface area contributed by atoms with Gasteiger partial charge in [-0.3, -0.25) is 4.99 Å². The summed E-state index contributed by atoms with van der Waals surface area (Å²) in [6.07, 6.45) is 6.36. The molecule has 1 aliphatic rings. The number of carboxylic acids is 1. The molecule has 1 heterocycles. The number of carboxylic acid groups (broad SMARTS) is 1. The number of hydrogen-bond donors (Lipinski definition) is 2. The van der Waals surface area contributed by atoms with Gasteiger partial charge in [-0.25, -0.2) is 4.79 Å². The maximum Gasteiger partial charge on any atom is 0.328 e. The molecule has 23 heavy (non-hydrogen) atoms. The van der Waals surface area contributed by atoms with Gasteiger partial charge in [0.15, 0.2) is 0 Å². The average Bonchev–Trinajstić information content (AvgIpc) is 2.55. The second-order valence-electron chi connectivity index (χ2n) is 5.13. The fourth-order valence-electron chi connectivity index (χ4n) is 2.31. The molecule has 0 bridgehead atoms. The number of carbonyl (C=O) groups is 1. The summed E-state index contributed by atoms with van der Waals surface area (Å²) in [6, 6.07) is 7.74. The van der Waals surface area contributed by atoms with Crippen molar-refractivity contribution in [2.45, 2.75) is 6.04 Å². The van der Waals surface area contributed by atoms with E-state index in [9.17, 15) is 4.79 Å². The zero-order chi connectivity index (χ0) is 16.7. The number of nitrogens with zero attached hydrogens (tertiary/aromatic N) is 2. The largest absolute Gasteiger partial charge is 0.478 e. The molecule has 1 aliphatic heterocycles. The first-order valence-electron chi connectivity index (χ1n) is 7.32. The van der Waals surface area contributed by atoms with Gasteiger partial charge in [0.2, 0.25) is 0 Å². The molecule has 0 amide bonds. The van der Waals surface area contributed by atoms with E-state index in [-0.39, 0.29) is 6.04 Å². The smallest absolute Gasteiger partial charge is 0.328 e. The quantitative estimate of drug-likeness (QED) is 0.593. The first-order chi connectivity index (χ1) is 11.1. The van der Waals surface area contributed by atoms with Crippen LogP contribution in [0.3, 0.4) is 0 Å². The van der Waals surface area contributed by atoms with Crippen molar-refractivity contribution in [1.82, 2.24) is 10.2 Å². The molecule has 0 saturated heterocycles. The summed E-state index contributed by atoms with van der Waals surface area (Å²) < 4.78 is 5.04. The summed E-state index contributed by atoms with van der Waals surface area (Å²) in [6.45, 7) is 1.32. The van der Waals surface area contributed by atoms with E-state index < -0.39 is 5.97 Å². The van der Waals surface area contributed by atoms with Crippen LogP contribution < -0.4 is 5.32 Å². The van der Waals surface area contributed by atoms with Gasteiger partial charge in [0, 0.05) is 33.0 Å². The first kappa shape index (κ1) is 16.8. The maximum absolute atomic E-state index is 10.6. The molecule has 0 aromatic heterocycles. The first-order valence-corrected chi connectivity index (χ1v) is 7.32. The van der Waals surface area contributed by atoms with Crippen LogP contribution in [-0.2, 0) is 9.53 Å². The van der Waals surface area contributed by atoms with Crippen molar-refractivity contribution in [3.63, 3.8) is 0 Å². The molecule has 2 N–H and O–H groups in total. The van der Waals surface area contributed by atoms with Gasteiger partial charge in [-0.1, -0.05) is 18.2 Å². The summed E-state index contributed by atoms with van der Waals surface area (Å²) in [5.74, 6) is -0.0413. The number of ether oxygens (including phenoxy) is 1. The number of nitrogens with one attached hydrogen (secondary N) is 1. The van der Waals surface area contributed by atoms with Gasteiger partial charge in [0.1, 0.15) is 5.82 Å². The molecule has 1 unspecified atom stereocenters. The highest BCUT2D eigenvalue weighted by Gasteiger charge is 2.20. The van der Waals surface area contributed by atoms with Gasteiger partial charge >= 0.3 is 5.97 Å². The summed E-state index contributed by atoms with van der Waals surface area (Å²) in [5.41, 5.74) is 1.89. The van der Waals surface area contributed by atoms with Crippen LogP contribution in [-0.4, -0.2) is 49.5 Å². The van der Waals surface area contributed by atoms with Crippen molar-refractivity contribution in [2.75, 3.05) is 27.3 Å². The fourth-order valence-corrected chi connectivity index (χ4v) is 2.31. The Labute approximate surface area is 135 Å². The highest BCUT2D eigenvalue weighted by Crippen LogP contribution is 2.24. The Bertz CT molecular complexity index is 638. The third-order valence-corrected chi connectivity index (χ3v) is 3.50. The Balaban J connectivity index is 2.12. The van der Waals surface area contributed by atoms with Gasteiger partial charge in [0.25, 0.3) is 0 Å². The van der Waals surface area contributed by atoms with E-state index in [1.165, 1.54) is 0 Å². The number of rotatable bonds is 7. The minimum absolute atomic E-state index is 0.0109. The van der Waals surface area contributed by atoms with Gasteiger partial charge in [-0.15, -0.1) is 0 Å². The topological polar surface area (TPSA) is 74.2 Å². The summed E-state index contributed by atoms with van der Waals surface area (Å²) in [5, 5.41) is 12.0. The van der Waals surface area contributed by atoms with Gasteiger partial charge in [0.05, 0.1) is 18.8 Å². The third kappa shape index (κ3) is 4.69. The van der Waals surface area contributed by atoms with Crippen molar-refractivity contribution in [3.05, 3.63) is 53.5 Å². The van der Waals surface area contributed by atoms with Gasteiger partial charge < -0.3 is 20.1 Å². The lowest BCUT2D eigenvalue weighted by atomic mass is 10.0. The van der Waals surface area contributed by atoms with E-state index in [4.69, 9.17) is 9.84 Å². The lowest BCUT2D eigenvalue weighted by Crippen LogP contribution is -2.35. The summed E-state index contributed by atoms with van der Waals surface area (Å²) >= 11 is 0. The summed E-state index contributed by atoms with van der Waals surface area (Å²) in [4.78, 5) is 17.0. The van der Waals surface area contributed by atoms with Crippen LogP contribution >= 0.6 is 0 Å². The maximum atomic E-state index is 10.6. The normalized spacial score (nSPS) is 17.4. The zero-order valence-corrected chi connectivity index (χ0v) is 13.3. The highest BCUT2D eigenvalue weighted by atomic mass is 16.5. The Kier molecular flexibility index (Phi) is 5.94. The zero-order valence-electron chi connectivity index (χ0n) is 13.3. The molecule has 0 fully saturated rings. The molecule has 0 radical (unpaired) electrons. The average molecular weight is 315 g/mol. The molecular formula is C17H21N3O3. The molecule has 6 heteroatoms. The molecule has 0 saturated carbocycles. The van der Waals surface area contributed by atoms with Crippen molar-refractivity contribution >= 4 is 18.3 Å². The monoisotopic (exact) mass is 315 g/mol. The standard InChI is InChI=1S/C17H21N3O3/c1-20-15(11-18-12-16(20)19-8-9-23-2)14-5-3-4-13(10-14)6-7-17(21)22/h3-7,10-12,15,19H,8-9H2,1-2H3,(H,21,22)/b7-6+. The van der Waals surface area contributed by atoms with Crippen molar-refractivity contribution in [1.29, 1.82) is 0 Å². The predicted octanol–water partition coefficient (Wildman–Crippen LogP) is 1.88. The lowest BCUT2D eigenvalue weighted by Gasteiger charge is -2.32. The lowest BCUT2D eigenvalue weighted by molar-refractivity contribution is -0.131. The summed E-state index contributed by atoms with van der Waals surface area (Å²) in [7, 11) is 3.65. The minimum atomic E-state index is -0.959. The van der Waals surface area contributed by atoms with Crippen molar-refractivity contribution < 1.29 is 14.6 Å². The van der Waals surface area contributed by atoms with Crippen LogP contribution in [0, 0.1) is 0 Å². The van der Waals surface area contributed by atoms with E-state index in [1.807, 2.05) is 37.5 Å².